The smallest absolute Gasteiger partial charge is 0.344 e. The van der Waals surface area contributed by atoms with Crippen LogP contribution in [0.3, 0.4) is 0 Å². The van der Waals surface area contributed by atoms with Gasteiger partial charge in [-0.15, -0.1) is 0 Å². The lowest BCUT2D eigenvalue weighted by atomic mass is 10.3. The molecule has 5 nitrogen and oxygen atoms in total. The zero-order valence-corrected chi connectivity index (χ0v) is 12.8. The lowest BCUT2D eigenvalue weighted by Gasteiger charge is -2.14. The van der Waals surface area contributed by atoms with E-state index in [-0.39, 0.29) is 11.4 Å². The Morgan fingerprint density at radius 2 is 1.67 bits per heavy atom. The molecule has 1 amide bonds. The quantitative estimate of drug-likeness (QED) is 0.825. The van der Waals surface area contributed by atoms with E-state index in [1.54, 1.807) is 12.1 Å². The van der Waals surface area contributed by atoms with E-state index in [0.29, 0.717) is 0 Å². The van der Waals surface area contributed by atoms with E-state index in [1.807, 2.05) is 0 Å². The molecule has 7 heteroatoms. The number of carbonyl (C=O) groups excluding carboxylic acids is 2. The molecule has 1 atom stereocenters. The Labute approximate surface area is 137 Å². The predicted molar refractivity (Wildman–Crippen MR) is 82.5 cm³/mol. The Balaban J connectivity index is 1.84. The van der Waals surface area contributed by atoms with Crippen molar-refractivity contribution in [1.82, 2.24) is 0 Å². The minimum absolute atomic E-state index is 0.0204. The van der Waals surface area contributed by atoms with Crippen LogP contribution in [0, 0.1) is 11.6 Å². The lowest BCUT2D eigenvalue weighted by molar-refractivity contribution is -0.155. The molecular formula is C17H15F2NO4. The van der Waals surface area contributed by atoms with Crippen LogP contribution in [0.4, 0.5) is 14.5 Å². The summed E-state index contributed by atoms with van der Waals surface area (Å²) in [5.41, 5.74) is -0.0204. The number of carbonyl (C=O) groups is 2. The van der Waals surface area contributed by atoms with Crippen molar-refractivity contribution in [2.24, 2.45) is 0 Å². The second kappa shape index (κ2) is 8.05. The normalized spacial score (nSPS) is 11.5. The molecule has 0 radical (unpaired) electrons. The van der Waals surface area contributed by atoms with Crippen LogP contribution < -0.4 is 10.1 Å². The molecule has 0 bridgehead atoms. The summed E-state index contributed by atoms with van der Waals surface area (Å²) in [5.74, 6) is -2.87. The second-order valence-electron chi connectivity index (χ2n) is 4.82. The molecule has 126 valence electrons. The Bertz CT molecular complexity index is 736. The molecule has 0 aliphatic carbocycles. The number of hydrogen-bond acceptors (Lipinski definition) is 4. The number of hydrogen-bond donors (Lipinski definition) is 1. The number of para-hydroxylation sites is 2. The third-order valence-electron chi connectivity index (χ3n) is 2.99. The van der Waals surface area contributed by atoms with Gasteiger partial charge in [0.1, 0.15) is 5.82 Å². The number of benzene rings is 2. The van der Waals surface area contributed by atoms with Crippen LogP contribution in [-0.2, 0) is 14.3 Å². The summed E-state index contributed by atoms with van der Waals surface area (Å²) in [6.45, 7) is 0.773. The minimum Gasteiger partial charge on any atom is -0.479 e. The summed E-state index contributed by atoms with van der Waals surface area (Å²) in [5, 5.41) is 2.31. The first-order chi connectivity index (χ1) is 11.5. The molecule has 2 aromatic rings. The van der Waals surface area contributed by atoms with Gasteiger partial charge in [-0.05, 0) is 31.2 Å². The van der Waals surface area contributed by atoms with Crippen LogP contribution in [-0.4, -0.2) is 24.6 Å². The predicted octanol–water partition coefficient (Wildman–Crippen LogP) is 2.91. The van der Waals surface area contributed by atoms with Crippen molar-refractivity contribution in [3.63, 3.8) is 0 Å². The van der Waals surface area contributed by atoms with Crippen molar-refractivity contribution in [2.45, 2.75) is 13.0 Å². The third-order valence-corrected chi connectivity index (χ3v) is 2.99. The van der Waals surface area contributed by atoms with Gasteiger partial charge in [-0.25, -0.2) is 13.6 Å². The second-order valence-corrected chi connectivity index (χ2v) is 4.82. The molecule has 0 heterocycles. The summed E-state index contributed by atoms with van der Waals surface area (Å²) in [4.78, 5) is 23.5. The molecule has 0 unspecified atom stereocenters. The van der Waals surface area contributed by atoms with E-state index >= 15 is 0 Å². The summed E-state index contributed by atoms with van der Waals surface area (Å²) in [6.07, 6.45) is -1.17. The number of ether oxygens (including phenoxy) is 2. The van der Waals surface area contributed by atoms with Crippen molar-refractivity contribution in [2.75, 3.05) is 11.9 Å². The van der Waals surface area contributed by atoms with Crippen LogP contribution in [0.15, 0.2) is 48.5 Å². The van der Waals surface area contributed by atoms with Crippen LogP contribution in [0.1, 0.15) is 6.92 Å². The lowest BCUT2D eigenvalue weighted by Crippen LogP contribution is -2.32. The Morgan fingerprint density at radius 3 is 2.33 bits per heavy atom. The van der Waals surface area contributed by atoms with Gasteiger partial charge in [-0.3, -0.25) is 4.79 Å². The van der Waals surface area contributed by atoms with Crippen molar-refractivity contribution in [3.8, 4) is 5.75 Å². The van der Waals surface area contributed by atoms with Gasteiger partial charge >= 0.3 is 5.97 Å². The Kier molecular flexibility index (Phi) is 5.83. The Hall–Kier alpha value is -2.96. The number of esters is 1. The van der Waals surface area contributed by atoms with E-state index in [2.05, 4.69) is 5.32 Å². The van der Waals surface area contributed by atoms with Crippen LogP contribution in [0.2, 0.25) is 0 Å². The summed E-state index contributed by atoms with van der Waals surface area (Å²) in [7, 11) is 0. The first kappa shape index (κ1) is 17.4. The standard InChI is InChI=1S/C17H15F2NO4/c1-11(17(22)20-14-8-4-2-6-12(14)18)24-16(21)10-23-15-9-5-3-7-13(15)19/h2-9,11H,10H2,1H3,(H,20,22)/t11-/m0/s1. The fraction of sp³-hybridized carbons (Fsp3) is 0.176. The van der Waals surface area contributed by atoms with Gasteiger partial charge in [-0.1, -0.05) is 24.3 Å². The number of rotatable bonds is 6. The van der Waals surface area contributed by atoms with Crippen molar-refractivity contribution in [3.05, 3.63) is 60.2 Å². The first-order valence-electron chi connectivity index (χ1n) is 7.09. The highest BCUT2D eigenvalue weighted by atomic mass is 19.1. The fourth-order valence-corrected chi connectivity index (χ4v) is 1.78. The zero-order chi connectivity index (χ0) is 17.5. The van der Waals surface area contributed by atoms with Gasteiger partial charge in [-0.2, -0.15) is 0 Å². The molecule has 0 aromatic heterocycles. The van der Waals surface area contributed by atoms with Crippen LogP contribution >= 0.6 is 0 Å². The SMILES string of the molecule is C[C@H](OC(=O)COc1ccccc1F)C(=O)Nc1ccccc1F. The molecule has 2 rings (SSSR count). The van der Waals surface area contributed by atoms with Crippen LogP contribution in [0.5, 0.6) is 5.75 Å². The summed E-state index contributed by atoms with van der Waals surface area (Å²) >= 11 is 0. The van der Waals surface area contributed by atoms with Gasteiger partial charge in [0.15, 0.2) is 24.3 Å². The molecule has 24 heavy (non-hydrogen) atoms. The average Bonchev–Trinajstić information content (AvgIpc) is 2.56. The molecule has 0 fully saturated rings. The molecule has 0 aliphatic heterocycles. The van der Waals surface area contributed by atoms with E-state index in [9.17, 15) is 18.4 Å². The summed E-state index contributed by atoms with van der Waals surface area (Å²) in [6, 6.07) is 11.2. The maximum atomic E-state index is 13.4. The largest absolute Gasteiger partial charge is 0.479 e. The highest BCUT2D eigenvalue weighted by Crippen LogP contribution is 2.15. The van der Waals surface area contributed by atoms with Crippen molar-refractivity contribution in [1.29, 1.82) is 0 Å². The van der Waals surface area contributed by atoms with E-state index in [4.69, 9.17) is 9.47 Å². The van der Waals surface area contributed by atoms with E-state index in [0.717, 1.165) is 0 Å². The molecule has 0 saturated carbocycles. The van der Waals surface area contributed by atoms with E-state index < -0.39 is 36.2 Å². The average molecular weight is 335 g/mol. The molecule has 0 saturated heterocycles. The van der Waals surface area contributed by atoms with E-state index in [1.165, 1.54) is 43.3 Å². The van der Waals surface area contributed by atoms with Crippen molar-refractivity contribution >= 4 is 17.6 Å². The summed E-state index contributed by atoms with van der Waals surface area (Å²) < 4.78 is 36.6. The number of halogens is 2. The maximum absolute atomic E-state index is 13.4. The molecule has 1 N–H and O–H groups in total. The highest BCUT2D eigenvalue weighted by Gasteiger charge is 2.19. The van der Waals surface area contributed by atoms with Gasteiger partial charge in [0.2, 0.25) is 0 Å². The molecular weight excluding hydrogens is 320 g/mol. The Morgan fingerprint density at radius 1 is 1.04 bits per heavy atom. The molecule has 0 aliphatic rings. The highest BCUT2D eigenvalue weighted by molar-refractivity contribution is 5.95. The molecule has 2 aromatic carbocycles. The van der Waals surface area contributed by atoms with Crippen molar-refractivity contribution < 1.29 is 27.8 Å². The minimum atomic E-state index is -1.17. The third kappa shape index (κ3) is 4.77. The maximum Gasteiger partial charge on any atom is 0.344 e. The number of anilines is 1. The number of nitrogens with one attached hydrogen (secondary N) is 1. The van der Waals surface area contributed by atoms with Crippen LogP contribution in [0.25, 0.3) is 0 Å². The monoisotopic (exact) mass is 335 g/mol. The molecule has 0 spiro atoms. The fourth-order valence-electron chi connectivity index (χ4n) is 1.78. The topological polar surface area (TPSA) is 64.6 Å². The van der Waals surface area contributed by atoms with Gasteiger partial charge in [0.25, 0.3) is 5.91 Å². The first-order valence-corrected chi connectivity index (χ1v) is 7.09. The van der Waals surface area contributed by atoms with Gasteiger partial charge in [0, 0.05) is 0 Å². The zero-order valence-electron chi connectivity index (χ0n) is 12.8. The van der Waals surface area contributed by atoms with Gasteiger partial charge < -0.3 is 14.8 Å². The van der Waals surface area contributed by atoms with Gasteiger partial charge in [0.05, 0.1) is 5.69 Å². The number of amides is 1.